The Balaban J connectivity index is 2.08. The third kappa shape index (κ3) is 3.03. The van der Waals surface area contributed by atoms with E-state index in [0.29, 0.717) is 16.9 Å². The molecule has 2 rings (SSSR count). The molecule has 0 atom stereocenters. The fraction of sp³-hybridized carbons (Fsp3) is 0.214. The number of carbonyl (C=O) groups is 2. The third-order valence-electron chi connectivity index (χ3n) is 2.80. The summed E-state index contributed by atoms with van der Waals surface area (Å²) in [5.41, 5.74) is 1.42. The van der Waals surface area contributed by atoms with Gasteiger partial charge in [-0.25, -0.2) is 4.98 Å². The van der Waals surface area contributed by atoms with Gasteiger partial charge in [0.25, 0.3) is 5.91 Å². The van der Waals surface area contributed by atoms with Crippen molar-refractivity contribution in [3.8, 4) is 0 Å². The Morgan fingerprint density at radius 1 is 1.30 bits per heavy atom. The first-order chi connectivity index (χ1) is 9.47. The molecule has 20 heavy (non-hydrogen) atoms. The number of Topliss-reactive ketones (excluding diaryl/α,β-unsaturated/α-hetero) is 1. The molecule has 0 saturated heterocycles. The van der Waals surface area contributed by atoms with E-state index in [1.165, 1.54) is 19.2 Å². The number of nitrogens with zero attached hydrogens (tertiary/aromatic N) is 2. The van der Waals surface area contributed by atoms with Crippen molar-refractivity contribution in [3.63, 3.8) is 0 Å². The number of amides is 1. The lowest BCUT2D eigenvalue weighted by molar-refractivity contribution is 0.101. The van der Waals surface area contributed by atoms with Crippen LogP contribution in [0.15, 0.2) is 30.6 Å². The summed E-state index contributed by atoms with van der Waals surface area (Å²) in [6, 6.07) is 5.11. The number of pyridine rings is 1. The van der Waals surface area contributed by atoms with Crippen LogP contribution in [-0.2, 0) is 0 Å². The average Bonchev–Trinajstić information content (AvgIpc) is 2.89. The van der Waals surface area contributed by atoms with Crippen LogP contribution < -0.4 is 10.2 Å². The minimum Gasteiger partial charge on any atom is -0.363 e. The molecule has 2 heterocycles. The SMILES string of the molecule is CC(=O)c1c[nH]c(C(=O)Nc2ccc(N(C)C)nc2)c1. The summed E-state index contributed by atoms with van der Waals surface area (Å²) in [4.78, 5) is 32.0. The number of H-pyrrole nitrogens is 1. The first kappa shape index (κ1) is 13.8. The zero-order valence-corrected chi connectivity index (χ0v) is 11.6. The molecule has 0 aliphatic carbocycles. The molecule has 2 aromatic heterocycles. The van der Waals surface area contributed by atoms with Gasteiger partial charge in [-0.05, 0) is 25.1 Å². The zero-order valence-electron chi connectivity index (χ0n) is 11.6. The van der Waals surface area contributed by atoms with Crippen molar-refractivity contribution in [3.05, 3.63) is 41.9 Å². The van der Waals surface area contributed by atoms with Crippen LogP contribution in [0.25, 0.3) is 0 Å². The highest BCUT2D eigenvalue weighted by Crippen LogP contribution is 2.13. The van der Waals surface area contributed by atoms with Gasteiger partial charge in [-0.3, -0.25) is 9.59 Å². The fourth-order valence-corrected chi connectivity index (χ4v) is 1.65. The highest BCUT2D eigenvalue weighted by Gasteiger charge is 2.11. The number of nitrogens with one attached hydrogen (secondary N) is 2. The summed E-state index contributed by atoms with van der Waals surface area (Å²) in [7, 11) is 3.78. The standard InChI is InChI=1S/C14H16N4O2/c1-9(19)10-6-12(15-7-10)14(20)17-11-4-5-13(16-8-11)18(2)3/h4-8,15H,1-3H3,(H,17,20). The van der Waals surface area contributed by atoms with E-state index in [2.05, 4.69) is 15.3 Å². The van der Waals surface area contributed by atoms with Crippen molar-refractivity contribution in [2.75, 3.05) is 24.3 Å². The predicted octanol–water partition coefficient (Wildman–Crippen LogP) is 1.93. The second kappa shape index (κ2) is 5.56. The Kier molecular flexibility index (Phi) is 3.84. The van der Waals surface area contributed by atoms with Crippen molar-refractivity contribution in [1.82, 2.24) is 9.97 Å². The molecule has 0 bridgehead atoms. The van der Waals surface area contributed by atoms with Gasteiger partial charge in [0.15, 0.2) is 5.78 Å². The van der Waals surface area contributed by atoms with E-state index in [0.717, 1.165) is 5.82 Å². The molecule has 1 amide bonds. The van der Waals surface area contributed by atoms with Crippen LogP contribution in [0.2, 0.25) is 0 Å². The molecule has 2 N–H and O–H groups in total. The number of anilines is 2. The largest absolute Gasteiger partial charge is 0.363 e. The molecule has 104 valence electrons. The van der Waals surface area contributed by atoms with Crippen LogP contribution in [-0.4, -0.2) is 35.8 Å². The summed E-state index contributed by atoms with van der Waals surface area (Å²) < 4.78 is 0. The first-order valence-corrected chi connectivity index (χ1v) is 6.11. The average molecular weight is 272 g/mol. The molecule has 0 unspecified atom stereocenters. The van der Waals surface area contributed by atoms with Crippen molar-refractivity contribution >= 4 is 23.2 Å². The lowest BCUT2D eigenvalue weighted by Gasteiger charge is -2.11. The topological polar surface area (TPSA) is 78.1 Å². The minimum atomic E-state index is -0.308. The second-order valence-corrected chi connectivity index (χ2v) is 4.61. The Hall–Kier alpha value is -2.63. The van der Waals surface area contributed by atoms with Crippen LogP contribution in [0.5, 0.6) is 0 Å². The number of aromatic nitrogens is 2. The maximum Gasteiger partial charge on any atom is 0.272 e. The Morgan fingerprint density at radius 2 is 2.05 bits per heavy atom. The van der Waals surface area contributed by atoms with Gasteiger partial charge >= 0.3 is 0 Å². The molecule has 0 spiro atoms. The van der Waals surface area contributed by atoms with E-state index in [9.17, 15) is 9.59 Å². The molecule has 0 fully saturated rings. The van der Waals surface area contributed by atoms with Crippen LogP contribution in [0.1, 0.15) is 27.8 Å². The molecule has 0 aliphatic rings. The van der Waals surface area contributed by atoms with Crippen molar-refractivity contribution in [2.24, 2.45) is 0 Å². The number of ketones is 1. The normalized spacial score (nSPS) is 10.2. The van der Waals surface area contributed by atoms with Crippen molar-refractivity contribution in [2.45, 2.75) is 6.92 Å². The van der Waals surface area contributed by atoms with Crippen molar-refractivity contribution in [1.29, 1.82) is 0 Å². The number of hydrogen-bond donors (Lipinski definition) is 2. The molecule has 0 aliphatic heterocycles. The van der Waals surface area contributed by atoms with E-state index in [1.807, 2.05) is 25.1 Å². The highest BCUT2D eigenvalue weighted by molar-refractivity contribution is 6.05. The molecule has 0 radical (unpaired) electrons. The second-order valence-electron chi connectivity index (χ2n) is 4.61. The monoisotopic (exact) mass is 272 g/mol. The zero-order chi connectivity index (χ0) is 14.7. The van der Waals surface area contributed by atoms with E-state index in [4.69, 9.17) is 0 Å². The molecule has 6 heteroatoms. The molecule has 0 saturated carbocycles. The van der Waals surface area contributed by atoms with Gasteiger partial charge in [0.2, 0.25) is 0 Å². The van der Waals surface area contributed by atoms with Gasteiger partial charge in [-0.2, -0.15) is 0 Å². The Bertz CT molecular complexity index is 629. The molecular formula is C14H16N4O2. The van der Waals surface area contributed by atoms with Gasteiger partial charge in [0.1, 0.15) is 11.5 Å². The van der Waals surface area contributed by atoms with Gasteiger partial charge in [0, 0.05) is 25.9 Å². The highest BCUT2D eigenvalue weighted by atomic mass is 16.2. The number of hydrogen-bond acceptors (Lipinski definition) is 4. The van der Waals surface area contributed by atoms with Crippen LogP contribution in [0.3, 0.4) is 0 Å². The van der Waals surface area contributed by atoms with Crippen LogP contribution in [0, 0.1) is 0 Å². The van der Waals surface area contributed by atoms with E-state index >= 15 is 0 Å². The fourth-order valence-electron chi connectivity index (χ4n) is 1.65. The van der Waals surface area contributed by atoms with Gasteiger partial charge in [-0.15, -0.1) is 0 Å². The maximum atomic E-state index is 12.0. The maximum absolute atomic E-state index is 12.0. The first-order valence-electron chi connectivity index (χ1n) is 6.11. The summed E-state index contributed by atoms with van der Waals surface area (Å²) >= 11 is 0. The lowest BCUT2D eigenvalue weighted by atomic mass is 10.2. The quantitative estimate of drug-likeness (QED) is 0.834. The lowest BCUT2D eigenvalue weighted by Crippen LogP contribution is -2.14. The summed E-state index contributed by atoms with van der Waals surface area (Å²) in [5, 5.41) is 2.71. The van der Waals surface area contributed by atoms with Gasteiger partial charge < -0.3 is 15.2 Å². The summed E-state index contributed by atoms with van der Waals surface area (Å²) in [6.45, 7) is 1.45. The summed E-state index contributed by atoms with van der Waals surface area (Å²) in [6.07, 6.45) is 3.10. The van der Waals surface area contributed by atoms with E-state index in [-0.39, 0.29) is 11.7 Å². The number of carbonyl (C=O) groups excluding carboxylic acids is 2. The van der Waals surface area contributed by atoms with Gasteiger partial charge in [0.05, 0.1) is 11.9 Å². The number of aromatic amines is 1. The number of rotatable bonds is 4. The summed E-state index contributed by atoms with van der Waals surface area (Å²) in [5.74, 6) is 0.413. The molecule has 0 aromatic carbocycles. The predicted molar refractivity (Wildman–Crippen MR) is 77.3 cm³/mol. The Morgan fingerprint density at radius 3 is 2.55 bits per heavy atom. The third-order valence-corrected chi connectivity index (χ3v) is 2.80. The minimum absolute atomic E-state index is 0.0858. The van der Waals surface area contributed by atoms with Gasteiger partial charge in [-0.1, -0.05) is 0 Å². The molecule has 6 nitrogen and oxygen atoms in total. The van der Waals surface area contributed by atoms with Crippen LogP contribution >= 0.6 is 0 Å². The smallest absolute Gasteiger partial charge is 0.272 e. The van der Waals surface area contributed by atoms with E-state index in [1.54, 1.807) is 12.3 Å². The molecular weight excluding hydrogens is 256 g/mol. The van der Waals surface area contributed by atoms with Crippen molar-refractivity contribution < 1.29 is 9.59 Å². The molecule has 2 aromatic rings. The van der Waals surface area contributed by atoms with Crippen LogP contribution in [0.4, 0.5) is 11.5 Å². The van der Waals surface area contributed by atoms with E-state index < -0.39 is 0 Å². The Labute approximate surface area is 116 Å².